The summed E-state index contributed by atoms with van der Waals surface area (Å²) >= 11 is 0. The molecule has 1 atom stereocenters. The van der Waals surface area contributed by atoms with Crippen LogP contribution in [0.2, 0.25) is 0 Å². The number of carboxylic acid groups (broad SMARTS) is 1. The van der Waals surface area contributed by atoms with Crippen molar-refractivity contribution in [3.05, 3.63) is 28.3 Å². The Balaban J connectivity index is 2.97. The van der Waals surface area contributed by atoms with E-state index < -0.39 is 20.7 Å². The third-order valence-corrected chi connectivity index (χ3v) is 3.87. The standard InChI is InChI=1S/C12H16N2O6S/c1-8(5-12(15)16)7-13-10-4-3-9(21(2,19)20)6-11(10)14(17)18/h3-4,6,8,13H,5,7H2,1-2H3,(H,15,16). The van der Waals surface area contributed by atoms with Crippen LogP contribution in [0.25, 0.3) is 0 Å². The van der Waals surface area contributed by atoms with Gasteiger partial charge in [-0.25, -0.2) is 8.42 Å². The van der Waals surface area contributed by atoms with Gasteiger partial charge in [0.1, 0.15) is 5.69 Å². The van der Waals surface area contributed by atoms with Crippen LogP contribution in [0.15, 0.2) is 23.1 Å². The molecule has 1 rings (SSSR count). The molecule has 0 saturated heterocycles. The van der Waals surface area contributed by atoms with Gasteiger partial charge in [-0.3, -0.25) is 14.9 Å². The predicted octanol–water partition coefficient (Wildman–Crippen LogP) is 1.52. The second-order valence-electron chi connectivity index (χ2n) is 4.79. The van der Waals surface area contributed by atoms with Crippen LogP contribution >= 0.6 is 0 Å². The maximum Gasteiger partial charge on any atom is 0.303 e. The summed E-state index contributed by atoms with van der Waals surface area (Å²) in [5.41, 5.74) is -0.204. The highest BCUT2D eigenvalue weighted by Crippen LogP contribution is 2.27. The van der Waals surface area contributed by atoms with Crippen LogP contribution in [0.3, 0.4) is 0 Å². The summed E-state index contributed by atoms with van der Waals surface area (Å²) in [6.45, 7) is 1.92. The molecule has 0 bridgehead atoms. The Labute approximate surface area is 121 Å². The fraction of sp³-hybridized carbons (Fsp3) is 0.417. The minimum atomic E-state index is -3.53. The summed E-state index contributed by atoms with van der Waals surface area (Å²) in [5.74, 6) is -1.18. The summed E-state index contributed by atoms with van der Waals surface area (Å²) in [7, 11) is -3.53. The van der Waals surface area contributed by atoms with E-state index in [-0.39, 0.29) is 35.2 Å². The third kappa shape index (κ3) is 5.03. The van der Waals surface area contributed by atoms with Crippen molar-refractivity contribution in [2.75, 3.05) is 18.1 Å². The minimum absolute atomic E-state index is 0.0672. The van der Waals surface area contributed by atoms with Gasteiger partial charge in [-0.1, -0.05) is 6.92 Å². The SMILES string of the molecule is CC(CNc1ccc(S(C)(=O)=O)cc1[N+](=O)[O-])CC(=O)O. The Morgan fingerprint density at radius 3 is 2.57 bits per heavy atom. The van der Waals surface area contributed by atoms with Crippen molar-refractivity contribution in [1.82, 2.24) is 0 Å². The van der Waals surface area contributed by atoms with Gasteiger partial charge in [0, 0.05) is 25.3 Å². The molecule has 1 aromatic rings. The number of nitro groups is 1. The molecule has 0 radical (unpaired) electrons. The first-order chi connectivity index (χ1) is 9.61. The van der Waals surface area contributed by atoms with E-state index in [9.17, 15) is 23.3 Å². The summed E-state index contributed by atoms with van der Waals surface area (Å²) < 4.78 is 22.8. The molecule has 2 N–H and O–H groups in total. The van der Waals surface area contributed by atoms with Gasteiger partial charge in [0.25, 0.3) is 5.69 Å². The number of nitrogens with one attached hydrogen (secondary N) is 1. The zero-order valence-electron chi connectivity index (χ0n) is 11.6. The Hall–Kier alpha value is -2.16. The number of hydrogen-bond donors (Lipinski definition) is 2. The van der Waals surface area contributed by atoms with Crippen molar-refractivity contribution in [3.63, 3.8) is 0 Å². The van der Waals surface area contributed by atoms with Crippen LogP contribution in [-0.4, -0.2) is 37.2 Å². The molecule has 0 heterocycles. The Kier molecular flexibility index (Phi) is 5.25. The zero-order chi connectivity index (χ0) is 16.2. The van der Waals surface area contributed by atoms with Crippen molar-refractivity contribution in [3.8, 4) is 0 Å². The second kappa shape index (κ2) is 6.53. The summed E-state index contributed by atoms with van der Waals surface area (Å²) in [5, 5.41) is 22.4. The van der Waals surface area contributed by atoms with Crippen LogP contribution in [0.1, 0.15) is 13.3 Å². The van der Waals surface area contributed by atoms with Gasteiger partial charge in [0.15, 0.2) is 9.84 Å². The highest BCUT2D eigenvalue weighted by Gasteiger charge is 2.19. The molecule has 116 valence electrons. The van der Waals surface area contributed by atoms with Gasteiger partial charge in [-0.15, -0.1) is 0 Å². The molecule has 9 heteroatoms. The van der Waals surface area contributed by atoms with E-state index in [1.54, 1.807) is 6.92 Å². The highest BCUT2D eigenvalue weighted by atomic mass is 32.2. The molecule has 0 aliphatic heterocycles. The molecule has 21 heavy (non-hydrogen) atoms. The largest absolute Gasteiger partial charge is 0.481 e. The van der Waals surface area contributed by atoms with Crippen molar-refractivity contribution < 1.29 is 23.2 Å². The first kappa shape index (κ1) is 16.9. The maximum atomic E-state index is 11.4. The lowest BCUT2D eigenvalue weighted by molar-refractivity contribution is -0.384. The number of sulfone groups is 1. The van der Waals surface area contributed by atoms with Crippen LogP contribution in [0.4, 0.5) is 11.4 Å². The number of anilines is 1. The molecule has 0 aliphatic carbocycles. The molecule has 8 nitrogen and oxygen atoms in total. The Bertz CT molecular complexity index is 656. The van der Waals surface area contributed by atoms with Gasteiger partial charge < -0.3 is 10.4 Å². The number of hydrogen-bond acceptors (Lipinski definition) is 6. The quantitative estimate of drug-likeness (QED) is 0.576. The van der Waals surface area contributed by atoms with Crippen molar-refractivity contribution >= 4 is 27.2 Å². The normalized spacial score (nSPS) is 12.7. The van der Waals surface area contributed by atoms with E-state index in [0.717, 1.165) is 12.3 Å². The molecular formula is C12H16N2O6S. The number of nitro benzene ring substituents is 1. The number of carbonyl (C=O) groups is 1. The van der Waals surface area contributed by atoms with Crippen molar-refractivity contribution in [2.24, 2.45) is 5.92 Å². The number of carboxylic acids is 1. The molecule has 0 spiro atoms. The second-order valence-corrected chi connectivity index (χ2v) is 6.81. The molecule has 0 fully saturated rings. The molecule has 1 unspecified atom stereocenters. The number of aliphatic carboxylic acids is 1. The van der Waals surface area contributed by atoms with Gasteiger partial charge in [-0.2, -0.15) is 0 Å². The number of nitrogens with zero attached hydrogens (tertiary/aromatic N) is 1. The lowest BCUT2D eigenvalue weighted by Gasteiger charge is -2.12. The van der Waals surface area contributed by atoms with Crippen molar-refractivity contribution in [1.29, 1.82) is 0 Å². The average Bonchev–Trinajstić information content (AvgIpc) is 2.34. The smallest absolute Gasteiger partial charge is 0.303 e. The van der Waals surface area contributed by atoms with E-state index in [1.165, 1.54) is 12.1 Å². The van der Waals surface area contributed by atoms with E-state index >= 15 is 0 Å². The Morgan fingerprint density at radius 2 is 2.10 bits per heavy atom. The molecule has 1 aromatic carbocycles. The molecule has 0 amide bonds. The van der Waals surface area contributed by atoms with Gasteiger partial charge in [0.05, 0.1) is 9.82 Å². The molecule has 0 saturated carbocycles. The molecule has 0 aromatic heterocycles. The van der Waals surface area contributed by atoms with E-state index in [2.05, 4.69) is 5.32 Å². The zero-order valence-corrected chi connectivity index (χ0v) is 12.4. The van der Waals surface area contributed by atoms with E-state index in [0.29, 0.717) is 0 Å². The van der Waals surface area contributed by atoms with E-state index in [1.807, 2.05) is 0 Å². The summed E-state index contributed by atoms with van der Waals surface area (Å²) in [6, 6.07) is 3.56. The highest BCUT2D eigenvalue weighted by molar-refractivity contribution is 7.90. The fourth-order valence-corrected chi connectivity index (χ4v) is 2.34. The number of benzene rings is 1. The topological polar surface area (TPSA) is 127 Å². The number of rotatable bonds is 7. The molecular weight excluding hydrogens is 300 g/mol. The average molecular weight is 316 g/mol. The first-order valence-electron chi connectivity index (χ1n) is 6.05. The molecule has 0 aliphatic rings. The monoisotopic (exact) mass is 316 g/mol. The van der Waals surface area contributed by atoms with Crippen LogP contribution < -0.4 is 5.32 Å². The van der Waals surface area contributed by atoms with Crippen LogP contribution in [0.5, 0.6) is 0 Å². The predicted molar refractivity (Wildman–Crippen MR) is 76.1 cm³/mol. The minimum Gasteiger partial charge on any atom is -0.481 e. The van der Waals surface area contributed by atoms with Crippen molar-refractivity contribution in [2.45, 2.75) is 18.2 Å². The summed E-state index contributed by atoms with van der Waals surface area (Å²) in [4.78, 5) is 20.7. The lowest BCUT2D eigenvalue weighted by atomic mass is 10.1. The lowest BCUT2D eigenvalue weighted by Crippen LogP contribution is -2.15. The first-order valence-corrected chi connectivity index (χ1v) is 7.94. The fourth-order valence-electron chi connectivity index (χ4n) is 1.70. The van der Waals surface area contributed by atoms with Gasteiger partial charge in [-0.05, 0) is 18.1 Å². The maximum absolute atomic E-state index is 11.4. The van der Waals surface area contributed by atoms with E-state index in [4.69, 9.17) is 5.11 Å². The van der Waals surface area contributed by atoms with Gasteiger partial charge >= 0.3 is 5.97 Å². The van der Waals surface area contributed by atoms with Crippen LogP contribution in [0, 0.1) is 16.0 Å². The third-order valence-electron chi connectivity index (χ3n) is 2.76. The van der Waals surface area contributed by atoms with Crippen LogP contribution in [-0.2, 0) is 14.6 Å². The summed E-state index contributed by atoms with van der Waals surface area (Å²) in [6.07, 6.45) is 0.899. The Morgan fingerprint density at radius 1 is 1.48 bits per heavy atom. The van der Waals surface area contributed by atoms with Gasteiger partial charge in [0.2, 0.25) is 0 Å².